The number of aromatic amines is 1. The molecule has 2 aliphatic rings. The maximum Gasteiger partial charge on any atom is 0.232 e. The molecular formula is C23H24ClFN6O2. The van der Waals surface area contributed by atoms with Crippen LogP contribution in [0.15, 0.2) is 35.6 Å². The first kappa shape index (κ1) is 21.8. The van der Waals surface area contributed by atoms with Gasteiger partial charge in [-0.05, 0) is 44.9 Å². The average molecular weight is 471 g/mol. The summed E-state index contributed by atoms with van der Waals surface area (Å²) in [4.78, 5) is 30.9. The van der Waals surface area contributed by atoms with Crippen LogP contribution >= 0.6 is 11.6 Å². The highest BCUT2D eigenvalue weighted by atomic mass is 35.5. The van der Waals surface area contributed by atoms with Gasteiger partial charge in [0.2, 0.25) is 5.91 Å². The SMILES string of the molecule is CC1CC(N2C(=O)C[C@@](C)(c3cc(F)c4nc(-c5cccnc5)[nH]c4c3Cl)N=C2N)CCO1. The van der Waals surface area contributed by atoms with E-state index in [1.165, 1.54) is 6.07 Å². The number of pyridine rings is 1. The summed E-state index contributed by atoms with van der Waals surface area (Å²) in [5.74, 6) is -0.158. The van der Waals surface area contributed by atoms with E-state index in [0.29, 0.717) is 41.9 Å². The van der Waals surface area contributed by atoms with Gasteiger partial charge in [-0.25, -0.2) is 14.4 Å². The molecule has 1 fully saturated rings. The van der Waals surface area contributed by atoms with Gasteiger partial charge < -0.3 is 15.5 Å². The van der Waals surface area contributed by atoms with Crippen LogP contribution in [0, 0.1) is 5.82 Å². The Kier molecular flexibility index (Phi) is 5.33. The summed E-state index contributed by atoms with van der Waals surface area (Å²) in [5, 5.41) is 0.258. The molecule has 0 aliphatic carbocycles. The number of imidazole rings is 1. The van der Waals surface area contributed by atoms with Crippen molar-refractivity contribution in [3.05, 3.63) is 47.0 Å². The molecule has 1 aromatic carbocycles. The Morgan fingerprint density at radius 3 is 2.94 bits per heavy atom. The van der Waals surface area contributed by atoms with Crippen LogP contribution in [0.3, 0.4) is 0 Å². The molecule has 4 heterocycles. The van der Waals surface area contributed by atoms with E-state index >= 15 is 4.39 Å². The second kappa shape index (κ2) is 8.07. The number of carbonyl (C=O) groups excluding carboxylic acids is 1. The number of nitrogens with two attached hydrogens (primary N) is 1. The molecule has 3 N–H and O–H groups in total. The van der Waals surface area contributed by atoms with Crippen LogP contribution in [-0.2, 0) is 15.1 Å². The number of benzene rings is 1. The molecule has 0 saturated carbocycles. The van der Waals surface area contributed by atoms with Crippen molar-refractivity contribution in [1.29, 1.82) is 0 Å². The Bertz CT molecular complexity index is 1260. The molecular weight excluding hydrogens is 447 g/mol. The highest BCUT2D eigenvalue weighted by molar-refractivity contribution is 6.36. The summed E-state index contributed by atoms with van der Waals surface area (Å²) in [6, 6.07) is 4.81. The Labute approximate surface area is 195 Å². The lowest BCUT2D eigenvalue weighted by atomic mass is 9.86. The molecule has 33 heavy (non-hydrogen) atoms. The van der Waals surface area contributed by atoms with Crippen LogP contribution in [0.2, 0.25) is 5.02 Å². The number of ether oxygens (including phenoxy) is 1. The molecule has 0 spiro atoms. The summed E-state index contributed by atoms with van der Waals surface area (Å²) in [6.07, 6.45) is 4.71. The minimum absolute atomic E-state index is 0.0215. The molecule has 0 bridgehead atoms. The normalized spacial score (nSPS) is 26.0. The number of nitrogens with zero attached hydrogens (tertiary/aromatic N) is 4. The number of aliphatic imine (C=N–C) groups is 1. The maximum absolute atomic E-state index is 15.1. The van der Waals surface area contributed by atoms with Crippen molar-refractivity contribution in [2.75, 3.05) is 6.61 Å². The molecule has 10 heteroatoms. The summed E-state index contributed by atoms with van der Waals surface area (Å²) < 4.78 is 20.7. The van der Waals surface area contributed by atoms with Gasteiger partial charge in [-0.3, -0.25) is 14.7 Å². The minimum Gasteiger partial charge on any atom is -0.378 e. The third kappa shape index (κ3) is 3.75. The standard InChI is InChI=1S/C23H24ClFN6O2/c1-12-8-14(5-7-33-12)31-17(32)10-23(2,30-22(31)26)15-9-16(25)19-20(18(15)24)29-21(28-19)13-4-3-6-27-11-13/h3-4,6,9,11-12,14H,5,7-8,10H2,1-2H3,(H2,26,30)(H,28,29)/t12?,14?,23-/m0/s1. The number of guanidine groups is 1. The van der Waals surface area contributed by atoms with Crippen LogP contribution in [0.4, 0.5) is 4.39 Å². The largest absolute Gasteiger partial charge is 0.378 e. The van der Waals surface area contributed by atoms with Gasteiger partial charge in [0.15, 0.2) is 11.8 Å². The van der Waals surface area contributed by atoms with Crippen molar-refractivity contribution in [2.24, 2.45) is 10.7 Å². The molecule has 3 atom stereocenters. The summed E-state index contributed by atoms with van der Waals surface area (Å²) >= 11 is 6.73. The summed E-state index contributed by atoms with van der Waals surface area (Å²) in [7, 11) is 0. The van der Waals surface area contributed by atoms with Crippen LogP contribution in [0.25, 0.3) is 22.4 Å². The van der Waals surface area contributed by atoms with E-state index in [9.17, 15) is 4.79 Å². The molecule has 0 radical (unpaired) electrons. The summed E-state index contributed by atoms with van der Waals surface area (Å²) in [6.45, 7) is 4.28. The van der Waals surface area contributed by atoms with E-state index in [4.69, 9.17) is 22.1 Å². The second-order valence-corrected chi connectivity index (χ2v) is 9.19. The minimum atomic E-state index is -1.11. The average Bonchev–Trinajstić information content (AvgIpc) is 3.23. The number of hydrogen-bond acceptors (Lipinski definition) is 6. The number of amides is 1. The van der Waals surface area contributed by atoms with Crippen molar-refractivity contribution in [2.45, 2.75) is 50.8 Å². The van der Waals surface area contributed by atoms with E-state index in [0.717, 1.165) is 0 Å². The Morgan fingerprint density at radius 2 is 2.24 bits per heavy atom. The molecule has 2 unspecified atom stereocenters. The highest BCUT2D eigenvalue weighted by Crippen LogP contribution is 2.42. The van der Waals surface area contributed by atoms with Crippen LogP contribution < -0.4 is 5.73 Å². The van der Waals surface area contributed by atoms with Crippen molar-refractivity contribution < 1.29 is 13.9 Å². The first-order valence-corrected chi connectivity index (χ1v) is 11.2. The monoisotopic (exact) mass is 470 g/mol. The smallest absolute Gasteiger partial charge is 0.232 e. The number of nitrogens with one attached hydrogen (secondary N) is 1. The molecule has 1 amide bonds. The number of H-pyrrole nitrogens is 1. The lowest BCUT2D eigenvalue weighted by molar-refractivity contribution is -0.133. The van der Waals surface area contributed by atoms with Crippen LogP contribution in [0.1, 0.15) is 38.7 Å². The van der Waals surface area contributed by atoms with Crippen LogP contribution in [-0.4, -0.2) is 50.5 Å². The van der Waals surface area contributed by atoms with E-state index < -0.39 is 11.4 Å². The maximum atomic E-state index is 15.1. The molecule has 3 aromatic rings. The van der Waals surface area contributed by atoms with Crippen molar-refractivity contribution in [3.63, 3.8) is 0 Å². The van der Waals surface area contributed by atoms with E-state index in [1.54, 1.807) is 30.3 Å². The van der Waals surface area contributed by atoms with Gasteiger partial charge in [0, 0.05) is 36.2 Å². The third-order valence-corrected chi connectivity index (χ3v) is 6.76. The number of fused-ring (bicyclic) bond motifs is 1. The van der Waals surface area contributed by atoms with Gasteiger partial charge in [0.25, 0.3) is 0 Å². The van der Waals surface area contributed by atoms with Gasteiger partial charge >= 0.3 is 0 Å². The number of halogens is 2. The van der Waals surface area contributed by atoms with Gasteiger partial charge in [-0.15, -0.1) is 0 Å². The fourth-order valence-corrected chi connectivity index (χ4v) is 5.13. The molecule has 8 nitrogen and oxygen atoms in total. The fourth-order valence-electron chi connectivity index (χ4n) is 4.74. The van der Waals surface area contributed by atoms with Gasteiger partial charge in [-0.2, -0.15) is 0 Å². The Hall–Kier alpha value is -3.04. The molecule has 172 valence electrons. The van der Waals surface area contributed by atoms with Gasteiger partial charge in [-0.1, -0.05) is 11.6 Å². The molecule has 2 aromatic heterocycles. The van der Waals surface area contributed by atoms with E-state index in [2.05, 4.69) is 19.9 Å². The number of rotatable bonds is 3. The Morgan fingerprint density at radius 1 is 1.42 bits per heavy atom. The van der Waals surface area contributed by atoms with Crippen molar-refractivity contribution >= 4 is 34.5 Å². The van der Waals surface area contributed by atoms with E-state index in [1.807, 2.05) is 13.0 Å². The number of carbonyl (C=O) groups is 1. The second-order valence-electron chi connectivity index (χ2n) is 8.81. The van der Waals surface area contributed by atoms with Gasteiger partial charge in [0.05, 0.1) is 28.6 Å². The lowest BCUT2D eigenvalue weighted by Gasteiger charge is -2.41. The fraction of sp³-hybridized carbons (Fsp3) is 0.391. The molecule has 1 saturated heterocycles. The zero-order valence-electron chi connectivity index (χ0n) is 18.3. The lowest BCUT2D eigenvalue weighted by Crippen LogP contribution is -2.56. The van der Waals surface area contributed by atoms with Crippen molar-refractivity contribution in [3.8, 4) is 11.4 Å². The zero-order chi connectivity index (χ0) is 23.3. The topological polar surface area (TPSA) is 109 Å². The highest BCUT2D eigenvalue weighted by Gasteiger charge is 2.42. The van der Waals surface area contributed by atoms with Crippen molar-refractivity contribution in [1.82, 2.24) is 19.9 Å². The van der Waals surface area contributed by atoms with Gasteiger partial charge in [0.1, 0.15) is 11.3 Å². The predicted octanol–water partition coefficient (Wildman–Crippen LogP) is 3.75. The molecule has 2 aliphatic heterocycles. The zero-order valence-corrected chi connectivity index (χ0v) is 19.1. The van der Waals surface area contributed by atoms with Crippen LogP contribution in [0.5, 0.6) is 0 Å². The first-order chi connectivity index (χ1) is 15.8. The predicted molar refractivity (Wildman–Crippen MR) is 123 cm³/mol. The quantitative estimate of drug-likeness (QED) is 0.605. The Balaban J connectivity index is 1.56. The van der Waals surface area contributed by atoms with E-state index in [-0.39, 0.29) is 41.0 Å². The number of hydrogen-bond donors (Lipinski definition) is 2. The first-order valence-electron chi connectivity index (χ1n) is 10.8. The summed E-state index contributed by atoms with van der Waals surface area (Å²) in [5.41, 5.74) is 6.72. The molecule has 5 rings (SSSR count). The third-order valence-electron chi connectivity index (χ3n) is 6.37. The number of aromatic nitrogens is 3.